The molecule has 3 aromatic rings. The lowest BCUT2D eigenvalue weighted by atomic mass is 10.2. The molecule has 0 saturated carbocycles. The number of aromatic nitrogens is 4. The van der Waals surface area contributed by atoms with Crippen molar-refractivity contribution in [2.45, 2.75) is 13.3 Å². The monoisotopic (exact) mass is 253 g/mol. The van der Waals surface area contributed by atoms with Crippen molar-refractivity contribution in [3.05, 3.63) is 54.2 Å². The minimum atomic E-state index is 0.785. The molecule has 1 N–H and O–H groups in total. The first-order chi connectivity index (χ1) is 9.33. The summed E-state index contributed by atoms with van der Waals surface area (Å²) in [4.78, 5) is 4.02. The molecule has 0 aliphatic carbocycles. The van der Waals surface area contributed by atoms with Crippen LogP contribution in [0.5, 0.6) is 0 Å². The molecule has 2 heterocycles. The van der Waals surface area contributed by atoms with Gasteiger partial charge in [-0.2, -0.15) is 0 Å². The van der Waals surface area contributed by atoms with Crippen molar-refractivity contribution in [3.63, 3.8) is 0 Å². The summed E-state index contributed by atoms with van der Waals surface area (Å²) < 4.78 is 1.96. The Kier molecular flexibility index (Phi) is 3.10. The summed E-state index contributed by atoms with van der Waals surface area (Å²) >= 11 is 0. The molecule has 0 spiro atoms. The Hall–Kier alpha value is -2.43. The van der Waals surface area contributed by atoms with Gasteiger partial charge in [0.1, 0.15) is 5.82 Å². The van der Waals surface area contributed by atoms with Crippen LogP contribution in [0, 0.1) is 6.92 Å². The second kappa shape index (κ2) is 5.06. The van der Waals surface area contributed by atoms with Crippen LogP contribution in [0.15, 0.2) is 42.9 Å². The predicted octanol–water partition coefficient (Wildman–Crippen LogP) is 2.09. The van der Waals surface area contributed by atoms with Crippen LogP contribution in [0.25, 0.3) is 5.65 Å². The molecule has 0 amide bonds. The highest BCUT2D eigenvalue weighted by Gasteiger charge is 2.04. The molecular formula is C14H15N5. The number of hydrogen-bond acceptors (Lipinski definition) is 4. The molecule has 0 radical (unpaired) electrons. The number of aryl methyl sites for hydroxylation is 1. The summed E-state index contributed by atoms with van der Waals surface area (Å²) in [5, 5.41) is 11.6. The quantitative estimate of drug-likeness (QED) is 0.773. The molecule has 0 unspecified atom stereocenters. The average molecular weight is 253 g/mol. The molecule has 19 heavy (non-hydrogen) atoms. The minimum Gasteiger partial charge on any atom is -0.385 e. The second-order valence-electron chi connectivity index (χ2n) is 4.46. The lowest BCUT2D eigenvalue weighted by Crippen LogP contribution is -2.07. The summed E-state index contributed by atoms with van der Waals surface area (Å²) in [6.07, 6.45) is 6.16. The predicted molar refractivity (Wildman–Crippen MR) is 74.2 cm³/mol. The molecular weight excluding hydrogens is 238 g/mol. The average Bonchev–Trinajstić information content (AvgIpc) is 2.85. The lowest BCUT2D eigenvalue weighted by molar-refractivity contribution is 0.869. The first-order valence-electron chi connectivity index (χ1n) is 6.27. The van der Waals surface area contributed by atoms with E-state index in [-0.39, 0.29) is 0 Å². The summed E-state index contributed by atoms with van der Waals surface area (Å²) in [7, 11) is 0. The van der Waals surface area contributed by atoms with Gasteiger partial charge in [-0.3, -0.25) is 9.38 Å². The van der Waals surface area contributed by atoms with Crippen LogP contribution < -0.4 is 5.32 Å². The van der Waals surface area contributed by atoms with E-state index in [4.69, 9.17) is 0 Å². The Balaban J connectivity index is 1.65. The van der Waals surface area contributed by atoms with Gasteiger partial charge in [0.15, 0.2) is 5.65 Å². The SMILES string of the molecule is Cc1ccc(NCCc2nnc3cnccn23)cc1. The van der Waals surface area contributed by atoms with Crippen molar-refractivity contribution in [2.24, 2.45) is 0 Å². The van der Waals surface area contributed by atoms with E-state index in [9.17, 15) is 0 Å². The first-order valence-corrected chi connectivity index (χ1v) is 6.27. The standard InChI is InChI=1S/C14H15N5/c1-11-2-4-12(5-3-11)16-7-6-13-17-18-14-10-15-8-9-19(13)14/h2-5,8-10,16H,6-7H2,1H3. The number of anilines is 1. The van der Waals surface area contributed by atoms with Crippen molar-refractivity contribution in [3.8, 4) is 0 Å². The van der Waals surface area contributed by atoms with Gasteiger partial charge in [-0.15, -0.1) is 10.2 Å². The summed E-state index contributed by atoms with van der Waals surface area (Å²) in [6, 6.07) is 8.36. The summed E-state index contributed by atoms with van der Waals surface area (Å²) in [5.41, 5.74) is 3.18. The fourth-order valence-electron chi connectivity index (χ4n) is 1.96. The molecule has 2 aromatic heterocycles. The van der Waals surface area contributed by atoms with Gasteiger partial charge in [0.25, 0.3) is 0 Å². The largest absolute Gasteiger partial charge is 0.385 e. The molecule has 0 atom stereocenters. The van der Waals surface area contributed by atoms with Gasteiger partial charge in [-0.1, -0.05) is 17.7 Å². The van der Waals surface area contributed by atoms with Crippen molar-refractivity contribution in [2.75, 3.05) is 11.9 Å². The molecule has 0 fully saturated rings. The Labute approximate surface area is 111 Å². The van der Waals surface area contributed by atoms with Crippen molar-refractivity contribution >= 4 is 11.3 Å². The van der Waals surface area contributed by atoms with Crippen LogP contribution in [0.1, 0.15) is 11.4 Å². The van der Waals surface area contributed by atoms with Crippen LogP contribution in [0.4, 0.5) is 5.69 Å². The minimum absolute atomic E-state index is 0.785. The number of rotatable bonds is 4. The molecule has 0 aliphatic rings. The van der Waals surface area contributed by atoms with Crippen molar-refractivity contribution in [1.29, 1.82) is 0 Å². The zero-order chi connectivity index (χ0) is 13.1. The molecule has 0 bridgehead atoms. The van der Waals surface area contributed by atoms with E-state index in [2.05, 4.69) is 51.7 Å². The van der Waals surface area contributed by atoms with E-state index >= 15 is 0 Å². The number of nitrogens with zero attached hydrogens (tertiary/aromatic N) is 4. The van der Waals surface area contributed by atoms with E-state index in [1.807, 2.05) is 10.6 Å². The molecule has 5 nitrogen and oxygen atoms in total. The Morgan fingerprint density at radius 2 is 2.00 bits per heavy atom. The van der Waals surface area contributed by atoms with Gasteiger partial charge in [0, 0.05) is 31.0 Å². The van der Waals surface area contributed by atoms with E-state index in [0.29, 0.717) is 0 Å². The highest BCUT2D eigenvalue weighted by atomic mass is 15.2. The third-order valence-electron chi connectivity index (χ3n) is 3.01. The van der Waals surface area contributed by atoms with Gasteiger partial charge in [-0.25, -0.2) is 0 Å². The smallest absolute Gasteiger partial charge is 0.179 e. The fourth-order valence-corrected chi connectivity index (χ4v) is 1.96. The van der Waals surface area contributed by atoms with Gasteiger partial charge in [0.05, 0.1) is 6.20 Å². The number of hydrogen-bond donors (Lipinski definition) is 1. The van der Waals surface area contributed by atoms with E-state index in [1.54, 1.807) is 12.4 Å². The Bertz CT molecular complexity index is 672. The molecule has 3 rings (SSSR count). The second-order valence-corrected chi connectivity index (χ2v) is 4.46. The molecule has 0 saturated heterocycles. The number of nitrogens with one attached hydrogen (secondary N) is 1. The van der Waals surface area contributed by atoms with E-state index < -0.39 is 0 Å². The molecule has 96 valence electrons. The van der Waals surface area contributed by atoms with Crippen molar-refractivity contribution < 1.29 is 0 Å². The zero-order valence-electron chi connectivity index (χ0n) is 10.7. The van der Waals surface area contributed by atoms with Gasteiger partial charge in [-0.05, 0) is 19.1 Å². The van der Waals surface area contributed by atoms with Gasteiger partial charge in [0.2, 0.25) is 0 Å². The fraction of sp³-hybridized carbons (Fsp3) is 0.214. The summed E-state index contributed by atoms with van der Waals surface area (Å²) in [6.45, 7) is 2.91. The molecule has 1 aromatic carbocycles. The van der Waals surface area contributed by atoms with Crippen LogP contribution >= 0.6 is 0 Å². The maximum atomic E-state index is 4.17. The topological polar surface area (TPSA) is 55.1 Å². The maximum Gasteiger partial charge on any atom is 0.179 e. The maximum absolute atomic E-state index is 4.17. The van der Waals surface area contributed by atoms with Gasteiger partial charge < -0.3 is 5.32 Å². The number of fused-ring (bicyclic) bond motifs is 1. The van der Waals surface area contributed by atoms with Crippen molar-refractivity contribution in [1.82, 2.24) is 19.6 Å². The lowest BCUT2D eigenvalue weighted by Gasteiger charge is -2.05. The zero-order valence-corrected chi connectivity index (χ0v) is 10.7. The highest BCUT2D eigenvalue weighted by molar-refractivity contribution is 5.44. The normalized spacial score (nSPS) is 10.8. The highest BCUT2D eigenvalue weighted by Crippen LogP contribution is 2.09. The van der Waals surface area contributed by atoms with E-state index in [0.717, 1.165) is 30.1 Å². The first kappa shape index (κ1) is 11.6. The van der Waals surface area contributed by atoms with E-state index in [1.165, 1.54) is 5.56 Å². The summed E-state index contributed by atoms with van der Waals surface area (Å²) in [5.74, 6) is 0.942. The van der Waals surface area contributed by atoms with Crippen LogP contribution in [0.3, 0.4) is 0 Å². The Morgan fingerprint density at radius 3 is 2.84 bits per heavy atom. The molecule has 0 aliphatic heterocycles. The third kappa shape index (κ3) is 2.54. The van der Waals surface area contributed by atoms with Gasteiger partial charge >= 0.3 is 0 Å². The number of benzene rings is 1. The van der Waals surface area contributed by atoms with Crippen LogP contribution in [0.2, 0.25) is 0 Å². The van der Waals surface area contributed by atoms with Crippen LogP contribution in [-0.2, 0) is 6.42 Å². The van der Waals surface area contributed by atoms with Crippen LogP contribution in [-0.4, -0.2) is 26.1 Å². The molecule has 5 heteroatoms. The third-order valence-corrected chi connectivity index (χ3v) is 3.01. The Morgan fingerprint density at radius 1 is 1.16 bits per heavy atom.